The van der Waals surface area contributed by atoms with Crippen LogP contribution in [0.2, 0.25) is 0 Å². The van der Waals surface area contributed by atoms with Crippen molar-refractivity contribution in [2.75, 3.05) is 7.05 Å². The SMILES string of the molecule is CCCn1ccnc1CC(NC)c1c(F)cc(F)cc1F. The second-order valence-corrected chi connectivity index (χ2v) is 4.87. The van der Waals surface area contributed by atoms with Gasteiger partial charge in [-0.1, -0.05) is 6.92 Å². The number of imidazole rings is 1. The molecule has 1 atom stereocenters. The van der Waals surface area contributed by atoms with Crippen molar-refractivity contribution in [2.24, 2.45) is 0 Å². The lowest BCUT2D eigenvalue weighted by atomic mass is 10.0. The topological polar surface area (TPSA) is 29.9 Å². The standard InChI is InChI=1S/C15H18F3N3/c1-3-5-21-6-4-20-14(21)9-13(19-2)15-11(17)7-10(16)8-12(15)18/h4,6-8,13,19H,3,5,9H2,1-2H3. The summed E-state index contributed by atoms with van der Waals surface area (Å²) in [6.45, 7) is 2.83. The Balaban J connectivity index is 2.30. The molecule has 114 valence electrons. The molecule has 1 aromatic heterocycles. The zero-order valence-corrected chi connectivity index (χ0v) is 12.0. The van der Waals surface area contributed by atoms with E-state index in [1.165, 1.54) is 0 Å². The van der Waals surface area contributed by atoms with Crippen LogP contribution < -0.4 is 5.32 Å². The quantitative estimate of drug-likeness (QED) is 0.887. The normalized spacial score (nSPS) is 12.6. The van der Waals surface area contributed by atoms with Gasteiger partial charge in [0, 0.05) is 49.1 Å². The molecule has 21 heavy (non-hydrogen) atoms. The van der Waals surface area contributed by atoms with Crippen LogP contribution in [0.4, 0.5) is 13.2 Å². The van der Waals surface area contributed by atoms with Gasteiger partial charge in [0.2, 0.25) is 0 Å². The summed E-state index contributed by atoms with van der Waals surface area (Å²) in [6, 6.07) is 0.784. The van der Waals surface area contributed by atoms with Crippen molar-refractivity contribution in [1.29, 1.82) is 0 Å². The van der Waals surface area contributed by atoms with E-state index < -0.39 is 23.5 Å². The highest BCUT2D eigenvalue weighted by atomic mass is 19.1. The van der Waals surface area contributed by atoms with Crippen LogP contribution in [-0.4, -0.2) is 16.6 Å². The van der Waals surface area contributed by atoms with Gasteiger partial charge in [-0.05, 0) is 13.5 Å². The number of likely N-dealkylation sites (N-methyl/N-ethyl adjacent to an activating group) is 1. The Labute approximate surface area is 121 Å². The molecule has 0 aliphatic carbocycles. The third kappa shape index (κ3) is 3.44. The molecule has 1 unspecified atom stereocenters. The van der Waals surface area contributed by atoms with Crippen molar-refractivity contribution in [3.8, 4) is 0 Å². The van der Waals surface area contributed by atoms with Crippen molar-refractivity contribution >= 4 is 0 Å². The third-order valence-corrected chi connectivity index (χ3v) is 3.39. The van der Waals surface area contributed by atoms with E-state index in [0.717, 1.165) is 18.8 Å². The summed E-state index contributed by atoms with van der Waals surface area (Å²) in [5.41, 5.74) is -0.162. The molecule has 0 bridgehead atoms. The highest BCUT2D eigenvalue weighted by molar-refractivity contribution is 5.25. The number of nitrogens with one attached hydrogen (secondary N) is 1. The lowest BCUT2D eigenvalue weighted by Crippen LogP contribution is -2.23. The third-order valence-electron chi connectivity index (χ3n) is 3.39. The van der Waals surface area contributed by atoms with E-state index in [1.54, 1.807) is 13.2 Å². The summed E-state index contributed by atoms with van der Waals surface area (Å²) < 4.78 is 42.7. The molecule has 2 rings (SSSR count). The van der Waals surface area contributed by atoms with Crippen LogP contribution in [-0.2, 0) is 13.0 Å². The van der Waals surface area contributed by atoms with E-state index in [4.69, 9.17) is 0 Å². The molecule has 3 nitrogen and oxygen atoms in total. The molecular formula is C15H18F3N3. The van der Waals surface area contributed by atoms with Crippen molar-refractivity contribution in [2.45, 2.75) is 32.4 Å². The summed E-state index contributed by atoms with van der Waals surface area (Å²) in [5.74, 6) is -1.96. The number of hydrogen-bond donors (Lipinski definition) is 1. The number of aryl methyl sites for hydroxylation is 1. The number of nitrogens with zero attached hydrogens (tertiary/aromatic N) is 2. The van der Waals surface area contributed by atoms with Gasteiger partial charge in [-0.2, -0.15) is 0 Å². The molecule has 2 aromatic rings. The zero-order valence-electron chi connectivity index (χ0n) is 12.0. The average molecular weight is 297 g/mol. The second kappa shape index (κ2) is 6.76. The summed E-state index contributed by atoms with van der Waals surface area (Å²) in [6.07, 6.45) is 4.76. The van der Waals surface area contributed by atoms with Gasteiger partial charge < -0.3 is 9.88 Å². The maximum absolute atomic E-state index is 13.9. The first-order valence-electron chi connectivity index (χ1n) is 6.88. The van der Waals surface area contributed by atoms with Crippen LogP contribution in [0.15, 0.2) is 24.5 Å². The van der Waals surface area contributed by atoms with E-state index in [0.29, 0.717) is 18.6 Å². The first kappa shape index (κ1) is 15.6. The molecule has 0 aliphatic heterocycles. The number of hydrogen-bond acceptors (Lipinski definition) is 2. The minimum atomic E-state index is -0.920. The van der Waals surface area contributed by atoms with Crippen LogP contribution in [0.5, 0.6) is 0 Å². The van der Waals surface area contributed by atoms with Crippen LogP contribution in [0.25, 0.3) is 0 Å². The largest absolute Gasteiger partial charge is 0.335 e. The molecule has 1 aromatic carbocycles. The van der Waals surface area contributed by atoms with E-state index >= 15 is 0 Å². The molecule has 0 spiro atoms. The van der Waals surface area contributed by atoms with Crippen LogP contribution in [0.3, 0.4) is 0 Å². The lowest BCUT2D eigenvalue weighted by Gasteiger charge is -2.18. The van der Waals surface area contributed by atoms with Gasteiger partial charge in [-0.15, -0.1) is 0 Å². The monoisotopic (exact) mass is 297 g/mol. The summed E-state index contributed by atoms with van der Waals surface area (Å²) in [5, 5.41) is 2.87. The Kier molecular flexibility index (Phi) is 5.01. The zero-order chi connectivity index (χ0) is 15.4. The first-order valence-corrected chi connectivity index (χ1v) is 6.88. The highest BCUT2D eigenvalue weighted by Crippen LogP contribution is 2.24. The van der Waals surface area contributed by atoms with Crippen LogP contribution >= 0.6 is 0 Å². The molecule has 1 N–H and O–H groups in total. The number of halogens is 3. The number of benzene rings is 1. The number of rotatable bonds is 6. The van der Waals surface area contributed by atoms with Crippen molar-refractivity contribution in [1.82, 2.24) is 14.9 Å². The van der Waals surface area contributed by atoms with Crippen LogP contribution in [0.1, 0.15) is 30.8 Å². The fourth-order valence-corrected chi connectivity index (χ4v) is 2.39. The summed E-state index contributed by atoms with van der Waals surface area (Å²) in [4.78, 5) is 4.23. The Bertz CT molecular complexity index is 587. The van der Waals surface area contributed by atoms with Gasteiger partial charge in [-0.25, -0.2) is 18.2 Å². The summed E-state index contributed by atoms with van der Waals surface area (Å²) in [7, 11) is 1.61. The smallest absolute Gasteiger partial charge is 0.133 e. The maximum Gasteiger partial charge on any atom is 0.133 e. The second-order valence-electron chi connectivity index (χ2n) is 4.87. The predicted octanol–water partition coefficient (Wildman–Crippen LogP) is 3.21. The molecule has 6 heteroatoms. The molecule has 1 heterocycles. The number of aromatic nitrogens is 2. The van der Waals surface area contributed by atoms with E-state index in [-0.39, 0.29) is 5.56 Å². The lowest BCUT2D eigenvalue weighted by molar-refractivity contribution is 0.464. The van der Waals surface area contributed by atoms with Gasteiger partial charge in [-0.3, -0.25) is 0 Å². The molecule has 0 amide bonds. The van der Waals surface area contributed by atoms with Gasteiger partial charge >= 0.3 is 0 Å². The van der Waals surface area contributed by atoms with Crippen molar-refractivity contribution in [3.05, 3.63) is 53.4 Å². The van der Waals surface area contributed by atoms with E-state index in [1.807, 2.05) is 17.7 Å². The molecule has 0 saturated heterocycles. The van der Waals surface area contributed by atoms with Gasteiger partial charge in [0.05, 0.1) is 0 Å². The van der Waals surface area contributed by atoms with Gasteiger partial charge in [0.15, 0.2) is 0 Å². The Morgan fingerprint density at radius 2 is 1.90 bits per heavy atom. The Morgan fingerprint density at radius 1 is 1.24 bits per heavy atom. The fourth-order valence-electron chi connectivity index (χ4n) is 2.39. The van der Waals surface area contributed by atoms with Crippen molar-refractivity contribution in [3.63, 3.8) is 0 Å². The maximum atomic E-state index is 13.9. The molecular weight excluding hydrogens is 279 g/mol. The molecule has 0 fully saturated rings. The average Bonchev–Trinajstić information content (AvgIpc) is 2.84. The van der Waals surface area contributed by atoms with Crippen molar-refractivity contribution < 1.29 is 13.2 Å². The minimum Gasteiger partial charge on any atom is -0.335 e. The molecule has 0 radical (unpaired) electrons. The van der Waals surface area contributed by atoms with E-state index in [2.05, 4.69) is 10.3 Å². The van der Waals surface area contributed by atoms with Crippen LogP contribution in [0, 0.1) is 17.5 Å². The van der Waals surface area contributed by atoms with Gasteiger partial charge in [0.1, 0.15) is 23.3 Å². The Morgan fingerprint density at radius 3 is 2.48 bits per heavy atom. The minimum absolute atomic E-state index is 0.162. The van der Waals surface area contributed by atoms with E-state index in [9.17, 15) is 13.2 Å². The fraction of sp³-hybridized carbons (Fsp3) is 0.400. The molecule has 0 aliphatic rings. The molecule has 0 saturated carbocycles. The highest BCUT2D eigenvalue weighted by Gasteiger charge is 2.22. The Hall–Kier alpha value is -1.82. The predicted molar refractivity (Wildman–Crippen MR) is 74.3 cm³/mol. The first-order chi connectivity index (χ1) is 10.1. The van der Waals surface area contributed by atoms with Gasteiger partial charge in [0.25, 0.3) is 0 Å². The summed E-state index contributed by atoms with van der Waals surface area (Å²) >= 11 is 0.